The zero-order valence-corrected chi connectivity index (χ0v) is 15.7. The van der Waals surface area contributed by atoms with E-state index in [9.17, 15) is 4.79 Å². The van der Waals surface area contributed by atoms with Crippen LogP contribution in [0.5, 0.6) is 11.5 Å². The monoisotopic (exact) mass is 388 g/mol. The van der Waals surface area contributed by atoms with Gasteiger partial charge in [-0.1, -0.05) is 35.0 Å². The lowest BCUT2D eigenvalue weighted by Crippen LogP contribution is -2.06. The van der Waals surface area contributed by atoms with E-state index in [1.807, 2.05) is 50.2 Å². The number of halogens is 1. The lowest BCUT2D eigenvalue weighted by atomic mass is 10.1. The largest absolute Gasteiger partial charge is 0.494 e. The van der Waals surface area contributed by atoms with Crippen LogP contribution < -0.4 is 9.47 Å². The highest BCUT2D eigenvalue weighted by atomic mass is 79.9. The van der Waals surface area contributed by atoms with Crippen LogP contribution >= 0.6 is 15.9 Å². The predicted octanol–water partition coefficient (Wildman–Crippen LogP) is 5.47. The first kappa shape index (κ1) is 18.3. The smallest absolute Gasteiger partial charge is 0.336 e. The van der Waals surface area contributed by atoms with E-state index in [2.05, 4.69) is 22.9 Å². The van der Waals surface area contributed by atoms with Gasteiger partial charge in [-0.15, -0.1) is 0 Å². The second kappa shape index (κ2) is 8.69. The van der Waals surface area contributed by atoms with Crippen LogP contribution in [0.15, 0.2) is 46.9 Å². The number of rotatable bonds is 6. The molecule has 0 saturated carbocycles. The Morgan fingerprint density at radius 2 is 1.75 bits per heavy atom. The number of benzene rings is 2. The quantitative estimate of drug-likeness (QED) is 0.373. The number of ether oxygens (including phenoxy) is 2. The first-order valence-electron chi connectivity index (χ1n) is 7.89. The molecule has 0 N–H and O–H groups in total. The molecule has 0 heterocycles. The molecule has 0 aliphatic rings. The van der Waals surface area contributed by atoms with Crippen LogP contribution in [-0.4, -0.2) is 12.6 Å². The molecule has 0 atom stereocenters. The molecule has 2 aromatic carbocycles. The van der Waals surface area contributed by atoms with Gasteiger partial charge in [0.05, 0.1) is 6.61 Å². The highest BCUT2D eigenvalue weighted by Crippen LogP contribution is 2.27. The van der Waals surface area contributed by atoms with Crippen molar-refractivity contribution in [2.45, 2.75) is 27.2 Å². The van der Waals surface area contributed by atoms with Gasteiger partial charge in [0.2, 0.25) is 0 Å². The lowest BCUT2D eigenvalue weighted by Gasteiger charge is -2.09. The van der Waals surface area contributed by atoms with Gasteiger partial charge in [0, 0.05) is 10.5 Å². The number of hydrogen-bond donors (Lipinski definition) is 0. The van der Waals surface area contributed by atoms with E-state index in [0.29, 0.717) is 12.4 Å². The Hall–Kier alpha value is -2.07. The number of hydrogen-bond acceptors (Lipinski definition) is 3. The van der Waals surface area contributed by atoms with Crippen molar-refractivity contribution in [3.63, 3.8) is 0 Å². The van der Waals surface area contributed by atoms with E-state index in [4.69, 9.17) is 9.47 Å². The molecule has 0 spiro atoms. The highest BCUT2D eigenvalue weighted by Gasteiger charge is 2.09. The fraction of sp³-hybridized carbons (Fsp3) is 0.250. The number of esters is 1. The molecule has 4 heteroatoms. The van der Waals surface area contributed by atoms with Gasteiger partial charge in [-0.2, -0.15) is 0 Å². The molecule has 0 aliphatic heterocycles. The van der Waals surface area contributed by atoms with Gasteiger partial charge in [0.1, 0.15) is 11.5 Å². The molecule has 0 unspecified atom stereocenters. The molecule has 0 bridgehead atoms. The van der Waals surface area contributed by atoms with Gasteiger partial charge in [0.25, 0.3) is 0 Å². The van der Waals surface area contributed by atoms with E-state index >= 15 is 0 Å². The first-order chi connectivity index (χ1) is 11.5. The molecule has 0 aromatic heterocycles. The Balaban J connectivity index is 2.00. The van der Waals surface area contributed by atoms with Crippen molar-refractivity contribution in [3.8, 4) is 11.5 Å². The molecule has 2 rings (SSSR count). The number of aryl methyl sites for hydroxylation is 2. The van der Waals surface area contributed by atoms with E-state index in [1.54, 1.807) is 6.08 Å². The second-order valence-corrected chi connectivity index (χ2v) is 6.46. The molecule has 0 amide bonds. The van der Waals surface area contributed by atoms with Gasteiger partial charge in [-0.3, -0.25) is 0 Å². The molecule has 24 heavy (non-hydrogen) atoms. The zero-order chi connectivity index (χ0) is 17.5. The van der Waals surface area contributed by atoms with Crippen LogP contribution in [0.4, 0.5) is 0 Å². The van der Waals surface area contributed by atoms with Gasteiger partial charge < -0.3 is 9.47 Å². The number of carbonyl (C=O) groups is 1. The maximum Gasteiger partial charge on any atom is 0.336 e. The molecule has 3 nitrogen and oxygen atoms in total. The van der Waals surface area contributed by atoms with Crippen LogP contribution in [0.25, 0.3) is 6.08 Å². The molecule has 126 valence electrons. The molecule has 0 saturated heterocycles. The molecular weight excluding hydrogens is 368 g/mol. The second-order valence-electron chi connectivity index (χ2n) is 5.54. The maximum absolute atomic E-state index is 12.0. The topological polar surface area (TPSA) is 35.5 Å². The van der Waals surface area contributed by atoms with E-state index < -0.39 is 5.97 Å². The first-order valence-corrected chi connectivity index (χ1v) is 8.68. The van der Waals surface area contributed by atoms with Gasteiger partial charge in [0.15, 0.2) is 0 Å². The SMILES string of the molecule is CCCOc1ccc(/C=C/C(=O)Oc2c(C)cc(Br)cc2C)cc1. The van der Waals surface area contributed by atoms with E-state index in [1.165, 1.54) is 6.08 Å². The third-order valence-electron chi connectivity index (χ3n) is 3.39. The average Bonchev–Trinajstić information content (AvgIpc) is 2.55. The van der Waals surface area contributed by atoms with Crippen LogP contribution in [0, 0.1) is 13.8 Å². The highest BCUT2D eigenvalue weighted by molar-refractivity contribution is 9.10. The Morgan fingerprint density at radius 3 is 2.33 bits per heavy atom. The number of carbonyl (C=O) groups excluding carboxylic acids is 1. The van der Waals surface area contributed by atoms with Crippen LogP contribution in [0.1, 0.15) is 30.0 Å². The van der Waals surface area contributed by atoms with Crippen LogP contribution in [0.2, 0.25) is 0 Å². The standard InChI is InChI=1S/C20H21BrO3/c1-4-11-23-18-8-5-16(6-9-18)7-10-19(22)24-20-14(2)12-17(21)13-15(20)3/h5-10,12-13H,4,11H2,1-3H3/b10-7+. The van der Waals surface area contributed by atoms with Crippen LogP contribution in [-0.2, 0) is 4.79 Å². The molecule has 0 radical (unpaired) electrons. The summed E-state index contributed by atoms with van der Waals surface area (Å²) in [6, 6.07) is 11.5. The van der Waals surface area contributed by atoms with Gasteiger partial charge in [-0.25, -0.2) is 4.79 Å². The molecule has 0 aliphatic carbocycles. The zero-order valence-electron chi connectivity index (χ0n) is 14.1. The van der Waals surface area contributed by atoms with Gasteiger partial charge in [-0.05, 0) is 67.3 Å². The Morgan fingerprint density at radius 1 is 1.12 bits per heavy atom. The fourth-order valence-electron chi connectivity index (χ4n) is 2.25. The minimum Gasteiger partial charge on any atom is -0.494 e. The van der Waals surface area contributed by atoms with Crippen molar-refractivity contribution in [1.29, 1.82) is 0 Å². The Kier molecular flexibility index (Phi) is 6.62. The van der Waals surface area contributed by atoms with Crippen LogP contribution in [0.3, 0.4) is 0 Å². The van der Waals surface area contributed by atoms with Gasteiger partial charge >= 0.3 is 5.97 Å². The summed E-state index contributed by atoms with van der Waals surface area (Å²) >= 11 is 3.43. The van der Waals surface area contributed by atoms with E-state index in [0.717, 1.165) is 33.3 Å². The summed E-state index contributed by atoms with van der Waals surface area (Å²) in [5.74, 6) is 1.05. The third kappa shape index (κ3) is 5.24. The summed E-state index contributed by atoms with van der Waals surface area (Å²) in [6.45, 7) is 6.60. The molecular formula is C20H21BrO3. The van der Waals surface area contributed by atoms with Crippen molar-refractivity contribution in [3.05, 3.63) is 63.6 Å². The average molecular weight is 389 g/mol. The fourth-order valence-corrected chi connectivity index (χ4v) is 2.94. The third-order valence-corrected chi connectivity index (χ3v) is 3.85. The van der Waals surface area contributed by atoms with Crippen molar-refractivity contribution in [1.82, 2.24) is 0 Å². The van der Waals surface area contributed by atoms with Crippen molar-refractivity contribution in [2.75, 3.05) is 6.61 Å². The summed E-state index contributed by atoms with van der Waals surface area (Å²) in [5.41, 5.74) is 2.75. The summed E-state index contributed by atoms with van der Waals surface area (Å²) in [7, 11) is 0. The minimum atomic E-state index is -0.394. The summed E-state index contributed by atoms with van der Waals surface area (Å²) in [5, 5.41) is 0. The Bertz CT molecular complexity index is 710. The summed E-state index contributed by atoms with van der Waals surface area (Å²) in [6.07, 6.45) is 4.14. The van der Waals surface area contributed by atoms with Crippen molar-refractivity contribution < 1.29 is 14.3 Å². The van der Waals surface area contributed by atoms with E-state index in [-0.39, 0.29) is 0 Å². The maximum atomic E-state index is 12.0. The normalized spacial score (nSPS) is 10.8. The summed E-state index contributed by atoms with van der Waals surface area (Å²) < 4.78 is 12.0. The molecule has 0 fully saturated rings. The minimum absolute atomic E-state index is 0.394. The lowest BCUT2D eigenvalue weighted by molar-refractivity contribution is -0.129. The predicted molar refractivity (Wildman–Crippen MR) is 101 cm³/mol. The Labute approximate surface area is 151 Å². The van der Waals surface area contributed by atoms with Crippen molar-refractivity contribution in [2.24, 2.45) is 0 Å². The summed E-state index contributed by atoms with van der Waals surface area (Å²) in [4.78, 5) is 12.0. The molecule has 2 aromatic rings. The van der Waals surface area contributed by atoms with Crippen molar-refractivity contribution >= 4 is 28.0 Å².